The van der Waals surface area contributed by atoms with Crippen LogP contribution in [0.4, 0.5) is 0 Å². The quantitative estimate of drug-likeness (QED) is 0.833. The second-order valence-corrected chi connectivity index (χ2v) is 5.95. The lowest BCUT2D eigenvalue weighted by atomic mass is 9.81. The predicted molar refractivity (Wildman–Crippen MR) is 103 cm³/mol. The molecule has 25 heavy (non-hydrogen) atoms. The Bertz CT molecular complexity index is 729. The van der Waals surface area contributed by atoms with Crippen LogP contribution in [0.3, 0.4) is 0 Å². The predicted octanol–water partition coefficient (Wildman–Crippen LogP) is 4.19. The molecule has 0 aromatic heterocycles. The third-order valence-corrected chi connectivity index (χ3v) is 4.55. The Kier molecular flexibility index (Phi) is 6.50. The second-order valence-electron chi connectivity index (χ2n) is 5.95. The number of fused-ring (bicyclic) bond motifs is 2. The number of benzene rings is 2. The molecular formula is C21H24ClNO2. The summed E-state index contributed by atoms with van der Waals surface area (Å²) in [5.74, 6) is 7.77. The number of rotatable bonds is 4. The third kappa shape index (κ3) is 3.82. The van der Waals surface area contributed by atoms with Gasteiger partial charge in [-0.1, -0.05) is 62.1 Å². The summed E-state index contributed by atoms with van der Waals surface area (Å²) in [5.41, 5.74) is 0.420. The van der Waals surface area contributed by atoms with Crippen molar-refractivity contribution < 1.29 is 9.84 Å². The third-order valence-electron chi connectivity index (χ3n) is 4.55. The van der Waals surface area contributed by atoms with E-state index in [0.717, 1.165) is 30.8 Å². The molecule has 1 heterocycles. The van der Waals surface area contributed by atoms with Gasteiger partial charge in [0.25, 0.3) is 0 Å². The summed E-state index contributed by atoms with van der Waals surface area (Å²) in [6.07, 6.45) is 0.353. The molecule has 3 nitrogen and oxygen atoms in total. The SMILES string of the molecule is CCN(CC)CC#CCC1(O)c2ccccc2Oc2ccccc21.Cl. The molecule has 0 bridgehead atoms. The van der Waals surface area contributed by atoms with Gasteiger partial charge < -0.3 is 9.84 Å². The maximum absolute atomic E-state index is 11.5. The van der Waals surface area contributed by atoms with E-state index in [2.05, 4.69) is 30.6 Å². The lowest BCUT2D eigenvalue weighted by molar-refractivity contribution is 0.0750. The van der Waals surface area contributed by atoms with Crippen LogP contribution in [0, 0.1) is 11.8 Å². The molecular weight excluding hydrogens is 334 g/mol. The molecule has 0 saturated heterocycles. The van der Waals surface area contributed by atoms with E-state index in [9.17, 15) is 5.11 Å². The Morgan fingerprint density at radius 3 is 1.96 bits per heavy atom. The van der Waals surface area contributed by atoms with E-state index >= 15 is 0 Å². The van der Waals surface area contributed by atoms with Crippen molar-refractivity contribution in [3.63, 3.8) is 0 Å². The van der Waals surface area contributed by atoms with E-state index < -0.39 is 5.60 Å². The highest BCUT2D eigenvalue weighted by Crippen LogP contribution is 2.47. The van der Waals surface area contributed by atoms with Crippen molar-refractivity contribution in [1.82, 2.24) is 4.90 Å². The Balaban J connectivity index is 0.00000225. The monoisotopic (exact) mass is 357 g/mol. The molecule has 3 rings (SSSR count). The van der Waals surface area contributed by atoms with Crippen molar-refractivity contribution in [3.05, 3.63) is 59.7 Å². The fourth-order valence-corrected chi connectivity index (χ4v) is 3.05. The van der Waals surface area contributed by atoms with Crippen LogP contribution in [0.2, 0.25) is 0 Å². The van der Waals surface area contributed by atoms with E-state index in [0.29, 0.717) is 17.9 Å². The van der Waals surface area contributed by atoms with E-state index in [1.807, 2.05) is 48.5 Å². The van der Waals surface area contributed by atoms with Gasteiger partial charge in [0, 0.05) is 17.5 Å². The summed E-state index contributed by atoms with van der Waals surface area (Å²) >= 11 is 0. The highest BCUT2D eigenvalue weighted by Gasteiger charge is 2.39. The van der Waals surface area contributed by atoms with Crippen molar-refractivity contribution in [1.29, 1.82) is 0 Å². The van der Waals surface area contributed by atoms with Crippen LogP contribution in [0.1, 0.15) is 31.4 Å². The van der Waals surface area contributed by atoms with E-state index in [4.69, 9.17) is 4.74 Å². The van der Waals surface area contributed by atoms with Crippen molar-refractivity contribution >= 4 is 12.4 Å². The van der Waals surface area contributed by atoms with Crippen LogP contribution in [0.5, 0.6) is 11.5 Å². The number of hydrogen-bond donors (Lipinski definition) is 1. The Labute approximate surface area is 156 Å². The summed E-state index contributed by atoms with van der Waals surface area (Å²) < 4.78 is 5.94. The van der Waals surface area contributed by atoms with E-state index in [1.165, 1.54) is 0 Å². The van der Waals surface area contributed by atoms with E-state index in [-0.39, 0.29) is 12.4 Å². The number of hydrogen-bond acceptors (Lipinski definition) is 3. The van der Waals surface area contributed by atoms with Crippen LogP contribution in [-0.4, -0.2) is 29.6 Å². The van der Waals surface area contributed by atoms with Crippen LogP contribution in [0.25, 0.3) is 0 Å². The van der Waals surface area contributed by atoms with Gasteiger partial charge in [0.2, 0.25) is 0 Å². The zero-order valence-electron chi connectivity index (χ0n) is 14.7. The average Bonchev–Trinajstić information content (AvgIpc) is 2.62. The first-order valence-electron chi connectivity index (χ1n) is 8.46. The minimum Gasteiger partial charge on any atom is -0.457 e. The number of ether oxygens (including phenoxy) is 1. The van der Waals surface area contributed by atoms with Gasteiger partial charge in [-0.25, -0.2) is 0 Å². The molecule has 0 unspecified atom stereocenters. The minimum absolute atomic E-state index is 0. The first-order valence-corrected chi connectivity index (χ1v) is 8.46. The Morgan fingerprint density at radius 1 is 0.920 bits per heavy atom. The zero-order valence-corrected chi connectivity index (χ0v) is 15.5. The van der Waals surface area contributed by atoms with Gasteiger partial charge >= 0.3 is 0 Å². The maximum atomic E-state index is 11.5. The molecule has 0 saturated carbocycles. The van der Waals surface area contributed by atoms with Gasteiger partial charge in [-0.2, -0.15) is 0 Å². The molecule has 0 aliphatic carbocycles. The molecule has 0 spiro atoms. The van der Waals surface area contributed by atoms with Crippen LogP contribution < -0.4 is 4.74 Å². The van der Waals surface area contributed by atoms with Gasteiger partial charge in [-0.05, 0) is 25.2 Å². The molecule has 132 valence electrons. The van der Waals surface area contributed by atoms with Crippen LogP contribution >= 0.6 is 12.4 Å². The molecule has 1 aliphatic heterocycles. The maximum Gasteiger partial charge on any atom is 0.133 e. The summed E-state index contributed by atoms with van der Waals surface area (Å²) in [4.78, 5) is 2.25. The fourth-order valence-electron chi connectivity index (χ4n) is 3.05. The largest absolute Gasteiger partial charge is 0.457 e. The number of aliphatic hydroxyl groups is 1. The number of halogens is 1. The first kappa shape index (κ1) is 19.3. The standard InChI is InChI=1S/C21H23NO2.ClH/c1-3-22(4-2)16-10-9-15-21(23)17-11-5-7-13-19(17)24-20-14-8-6-12-18(20)21;/h5-8,11-14,23H,3-4,15-16H2,1-2H3;1H. The van der Waals surface area contributed by atoms with Crippen LogP contribution in [0.15, 0.2) is 48.5 Å². The molecule has 4 heteroatoms. The molecule has 2 aromatic rings. The van der Waals surface area contributed by atoms with Crippen molar-refractivity contribution in [2.24, 2.45) is 0 Å². The van der Waals surface area contributed by atoms with E-state index in [1.54, 1.807) is 0 Å². The first-order chi connectivity index (χ1) is 11.7. The highest BCUT2D eigenvalue weighted by molar-refractivity contribution is 5.85. The molecule has 0 amide bonds. The van der Waals surface area contributed by atoms with Crippen molar-refractivity contribution in [2.45, 2.75) is 25.9 Å². The van der Waals surface area contributed by atoms with Gasteiger partial charge in [-0.3, -0.25) is 4.90 Å². The molecule has 2 aromatic carbocycles. The minimum atomic E-state index is -1.14. The molecule has 0 radical (unpaired) electrons. The molecule has 0 fully saturated rings. The summed E-state index contributed by atoms with van der Waals surface area (Å²) in [6.45, 7) is 6.94. The molecule has 1 aliphatic rings. The Hall–Kier alpha value is -1.99. The lowest BCUT2D eigenvalue weighted by Gasteiger charge is -2.34. The molecule has 1 N–H and O–H groups in total. The average molecular weight is 358 g/mol. The zero-order chi connectivity index (χ0) is 17.0. The van der Waals surface area contributed by atoms with Gasteiger partial charge in [0.1, 0.15) is 17.1 Å². The van der Waals surface area contributed by atoms with Gasteiger partial charge in [0.15, 0.2) is 0 Å². The topological polar surface area (TPSA) is 32.7 Å². The van der Waals surface area contributed by atoms with Gasteiger partial charge in [0.05, 0.1) is 6.54 Å². The normalized spacial score (nSPS) is 13.6. The molecule has 0 atom stereocenters. The Morgan fingerprint density at radius 2 is 1.44 bits per heavy atom. The number of nitrogens with zero attached hydrogens (tertiary/aromatic N) is 1. The van der Waals surface area contributed by atoms with Gasteiger partial charge in [-0.15, -0.1) is 12.4 Å². The smallest absolute Gasteiger partial charge is 0.133 e. The summed E-state index contributed by atoms with van der Waals surface area (Å²) in [6, 6.07) is 15.3. The fraction of sp³-hybridized carbons (Fsp3) is 0.333. The second kappa shape index (κ2) is 8.40. The van der Waals surface area contributed by atoms with Crippen molar-refractivity contribution in [3.8, 4) is 23.3 Å². The number of para-hydroxylation sites is 2. The highest BCUT2D eigenvalue weighted by atomic mass is 35.5. The van der Waals surface area contributed by atoms with Crippen molar-refractivity contribution in [2.75, 3.05) is 19.6 Å². The summed E-state index contributed by atoms with van der Waals surface area (Å²) in [5, 5.41) is 11.5. The lowest BCUT2D eigenvalue weighted by Crippen LogP contribution is -2.30. The summed E-state index contributed by atoms with van der Waals surface area (Å²) in [7, 11) is 0. The van der Waals surface area contributed by atoms with Crippen LogP contribution in [-0.2, 0) is 5.60 Å².